The molecular formula is C26H23N3O4S2. The molecule has 2 heterocycles. The van der Waals surface area contributed by atoms with Crippen molar-refractivity contribution in [3.05, 3.63) is 88.0 Å². The van der Waals surface area contributed by atoms with Crippen molar-refractivity contribution in [2.45, 2.75) is 18.6 Å². The number of nitrogens with one attached hydrogen (secondary N) is 1. The van der Waals surface area contributed by atoms with Crippen molar-refractivity contribution in [2.75, 3.05) is 18.2 Å². The second-order valence-electron chi connectivity index (χ2n) is 7.67. The second kappa shape index (κ2) is 10.7. The predicted octanol–water partition coefficient (Wildman–Crippen LogP) is 5.14. The molecule has 35 heavy (non-hydrogen) atoms. The van der Waals surface area contributed by atoms with Gasteiger partial charge in [0, 0.05) is 17.5 Å². The predicted molar refractivity (Wildman–Crippen MR) is 141 cm³/mol. The van der Waals surface area contributed by atoms with Gasteiger partial charge < -0.3 is 10.1 Å². The van der Waals surface area contributed by atoms with E-state index in [0.29, 0.717) is 21.1 Å². The zero-order valence-corrected chi connectivity index (χ0v) is 20.9. The van der Waals surface area contributed by atoms with E-state index in [1.54, 1.807) is 30.3 Å². The molecule has 2 aromatic carbocycles. The lowest BCUT2D eigenvalue weighted by atomic mass is 10.1. The summed E-state index contributed by atoms with van der Waals surface area (Å²) < 4.78 is 6.30. The summed E-state index contributed by atoms with van der Waals surface area (Å²) in [4.78, 5) is 43.4. The van der Waals surface area contributed by atoms with E-state index in [1.165, 1.54) is 23.0 Å². The van der Waals surface area contributed by atoms with Gasteiger partial charge in [-0.2, -0.15) is 0 Å². The molecule has 0 radical (unpaired) electrons. The molecule has 178 valence electrons. The number of ether oxygens (including phenoxy) is 1. The largest absolute Gasteiger partial charge is 0.465 e. The standard InChI is InChI=1S/C26H23N3O4S2/c1-4-13-29-24(31)22-19(17-11-9-16(2)10-12-17)14-34-23(22)28-26(29)35-15-21(30)27-20-8-6-5-7-18(20)25(32)33-3/h4-12,14H,1,13,15H2,2-3H3,(H,27,30). The highest BCUT2D eigenvalue weighted by Gasteiger charge is 2.19. The van der Waals surface area contributed by atoms with Crippen LogP contribution in [0.25, 0.3) is 21.3 Å². The summed E-state index contributed by atoms with van der Waals surface area (Å²) in [7, 11) is 1.28. The minimum absolute atomic E-state index is 0.000785. The summed E-state index contributed by atoms with van der Waals surface area (Å²) in [5.41, 5.74) is 3.38. The SMILES string of the molecule is C=CCn1c(SCC(=O)Nc2ccccc2C(=O)OC)nc2scc(-c3ccc(C)cc3)c2c1=O. The Morgan fingerprint density at radius 2 is 1.94 bits per heavy atom. The van der Waals surface area contributed by atoms with Crippen molar-refractivity contribution in [1.82, 2.24) is 9.55 Å². The minimum Gasteiger partial charge on any atom is -0.465 e. The minimum atomic E-state index is -0.539. The van der Waals surface area contributed by atoms with Gasteiger partial charge in [-0.05, 0) is 24.6 Å². The van der Waals surface area contributed by atoms with E-state index < -0.39 is 5.97 Å². The average molecular weight is 506 g/mol. The molecule has 1 N–H and O–H groups in total. The molecule has 4 aromatic rings. The van der Waals surface area contributed by atoms with Crippen LogP contribution in [0.1, 0.15) is 15.9 Å². The van der Waals surface area contributed by atoms with Crippen LogP contribution < -0.4 is 10.9 Å². The number of para-hydroxylation sites is 1. The summed E-state index contributed by atoms with van der Waals surface area (Å²) in [6, 6.07) is 14.6. The Kier molecular flexibility index (Phi) is 7.48. The van der Waals surface area contributed by atoms with Crippen LogP contribution in [-0.4, -0.2) is 34.3 Å². The van der Waals surface area contributed by atoms with Gasteiger partial charge in [-0.3, -0.25) is 14.2 Å². The summed E-state index contributed by atoms with van der Waals surface area (Å²) in [5.74, 6) is -0.874. The second-order valence-corrected chi connectivity index (χ2v) is 9.47. The van der Waals surface area contributed by atoms with Gasteiger partial charge >= 0.3 is 5.97 Å². The van der Waals surface area contributed by atoms with E-state index in [4.69, 9.17) is 9.72 Å². The van der Waals surface area contributed by atoms with E-state index in [2.05, 4.69) is 11.9 Å². The first-order chi connectivity index (χ1) is 16.9. The number of thioether (sulfide) groups is 1. The van der Waals surface area contributed by atoms with Gasteiger partial charge in [0.1, 0.15) is 4.83 Å². The maximum absolute atomic E-state index is 13.5. The molecule has 0 saturated heterocycles. The topological polar surface area (TPSA) is 90.3 Å². The number of aromatic nitrogens is 2. The molecule has 0 fully saturated rings. The summed E-state index contributed by atoms with van der Waals surface area (Å²) in [5, 5.41) is 5.66. The fourth-order valence-corrected chi connectivity index (χ4v) is 5.35. The quantitative estimate of drug-likeness (QED) is 0.154. The molecular weight excluding hydrogens is 482 g/mol. The maximum atomic E-state index is 13.5. The van der Waals surface area contributed by atoms with Gasteiger partial charge in [0.05, 0.1) is 29.5 Å². The Labute approximate surface area is 210 Å². The fraction of sp³-hybridized carbons (Fsp3) is 0.154. The van der Waals surface area contributed by atoms with Crippen molar-refractivity contribution in [2.24, 2.45) is 0 Å². The molecule has 0 atom stereocenters. The van der Waals surface area contributed by atoms with E-state index in [-0.39, 0.29) is 29.3 Å². The van der Waals surface area contributed by atoms with E-state index in [0.717, 1.165) is 28.5 Å². The number of fused-ring (bicyclic) bond motifs is 1. The Balaban J connectivity index is 1.61. The van der Waals surface area contributed by atoms with Crippen molar-refractivity contribution >= 4 is 50.9 Å². The summed E-state index contributed by atoms with van der Waals surface area (Å²) >= 11 is 2.55. The van der Waals surface area contributed by atoms with E-state index in [9.17, 15) is 14.4 Å². The molecule has 0 bridgehead atoms. The number of rotatable bonds is 8. The van der Waals surface area contributed by atoms with Crippen LogP contribution in [0.5, 0.6) is 0 Å². The highest BCUT2D eigenvalue weighted by molar-refractivity contribution is 7.99. The molecule has 1 amide bonds. The summed E-state index contributed by atoms with van der Waals surface area (Å²) in [6.45, 7) is 6.04. The van der Waals surface area contributed by atoms with E-state index in [1.807, 2.05) is 36.6 Å². The van der Waals surface area contributed by atoms with Crippen molar-refractivity contribution in [3.8, 4) is 11.1 Å². The number of anilines is 1. The van der Waals surface area contributed by atoms with E-state index >= 15 is 0 Å². The Morgan fingerprint density at radius 3 is 2.66 bits per heavy atom. The Morgan fingerprint density at radius 1 is 1.20 bits per heavy atom. The van der Waals surface area contributed by atoms with Crippen LogP contribution in [0.4, 0.5) is 5.69 Å². The van der Waals surface area contributed by atoms with Gasteiger partial charge in [-0.15, -0.1) is 17.9 Å². The lowest BCUT2D eigenvalue weighted by Crippen LogP contribution is -2.23. The van der Waals surface area contributed by atoms with Crippen LogP contribution >= 0.6 is 23.1 Å². The molecule has 2 aromatic heterocycles. The van der Waals surface area contributed by atoms with Crippen LogP contribution in [0.2, 0.25) is 0 Å². The third kappa shape index (κ3) is 5.21. The number of nitrogens with zero attached hydrogens (tertiary/aromatic N) is 2. The highest BCUT2D eigenvalue weighted by atomic mass is 32.2. The number of allylic oxidation sites excluding steroid dienone is 1. The van der Waals surface area contributed by atoms with Crippen molar-refractivity contribution < 1.29 is 14.3 Å². The number of thiophene rings is 1. The molecule has 0 aliphatic carbocycles. The van der Waals surface area contributed by atoms with Gasteiger partial charge in [-0.1, -0.05) is 59.8 Å². The van der Waals surface area contributed by atoms with Crippen LogP contribution in [0.3, 0.4) is 0 Å². The normalized spacial score (nSPS) is 10.8. The molecule has 0 saturated carbocycles. The lowest BCUT2D eigenvalue weighted by molar-refractivity contribution is -0.113. The maximum Gasteiger partial charge on any atom is 0.339 e. The monoisotopic (exact) mass is 505 g/mol. The van der Waals surface area contributed by atoms with Crippen molar-refractivity contribution in [1.29, 1.82) is 0 Å². The molecule has 0 aliphatic heterocycles. The van der Waals surface area contributed by atoms with Crippen molar-refractivity contribution in [3.63, 3.8) is 0 Å². The first-order valence-corrected chi connectivity index (χ1v) is 12.6. The molecule has 9 heteroatoms. The number of amides is 1. The van der Waals surface area contributed by atoms with Crippen LogP contribution in [-0.2, 0) is 16.1 Å². The number of benzene rings is 2. The number of esters is 1. The number of carbonyl (C=O) groups is 2. The third-order valence-electron chi connectivity index (χ3n) is 5.27. The molecule has 0 unspecified atom stereocenters. The van der Waals surface area contributed by atoms with Gasteiger partial charge in [0.25, 0.3) is 5.56 Å². The lowest BCUT2D eigenvalue weighted by Gasteiger charge is -2.12. The van der Waals surface area contributed by atoms with Crippen LogP contribution in [0, 0.1) is 6.92 Å². The number of hydrogen-bond donors (Lipinski definition) is 1. The Hall–Kier alpha value is -3.69. The number of carbonyl (C=O) groups excluding carboxylic acids is 2. The molecule has 4 rings (SSSR count). The number of aryl methyl sites for hydroxylation is 1. The number of methoxy groups -OCH3 is 1. The average Bonchev–Trinajstić information content (AvgIpc) is 3.29. The zero-order chi connectivity index (χ0) is 24.9. The Bertz CT molecular complexity index is 1470. The fourth-order valence-electron chi connectivity index (χ4n) is 3.55. The van der Waals surface area contributed by atoms with Gasteiger partial charge in [0.15, 0.2) is 5.16 Å². The summed E-state index contributed by atoms with van der Waals surface area (Å²) in [6.07, 6.45) is 1.63. The highest BCUT2D eigenvalue weighted by Crippen LogP contribution is 2.32. The third-order valence-corrected chi connectivity index (χ3v) is 7.12. The van der Waals surface area contributed by atoms with Gasteiger partial charge in [-0.25, -0.2) is 9.78 Å². The number of hydrogen-bond acceptors (Lipinski definition) is 7. The van der Waals surface area contributed by atoms with Gasteiger partial charge in [0.2, 0.25) is 5.91 Å². The molecule has 0 spiro atoms. The molecule has 0 aliphatic rings. The molecule has 7 nitrogen and oxygen atoms in total. The first kappa shape index (κ1) is 24.4. The smallest absolute Gasteiger partial charge is 0.339 e. The zero-order valence-electron chi connectivity index (χ0n) is 19.2. The van der Waals surface area contributed by atoms with Crippen LogP contribution in [0.15, 0.2) is 76.5 Å². The first-order valence-electron chi connectivity index (χ1n) is 10.7.